The predicted molar refractivity (Wildman–Crippen MR) is 53.4 cm³/mol. The second-order valence-corrected chi connectivity index (χ2v) is 2.99. The summed E-state index contributed by atoms with van der Waals surface area (Å²) in [6, 6.07) is 7.69. The molecule has 0 amide bonds. The molecule has 1 heterocycles. The lowest BCUT2D eigenvalue weighted by Crippen LogP contribution is -1.85. The van der Waals surface area contributed by atoms with E-state index in [4.69, 9.17) is 5.11 Å². The summed E-state index contributed by atoms with van der Waals surface area (Å²) in [5.74, 6) is 0. The zero-order valence-corrected chi connectivity index (χ0v) is 7.59. The van der Waals surface area contributed by atoms with Gasteiger partial charge in [-0.25, -0.2) is 9.97 Å². The van der Waals surface area contributed by atoms with Gasteiger partial charge in [0.2, 0.25) is 0 Å². The minimum Gasteiger partial charge on any atom is -0.392 e. The van der Waals surface area contributed by atoms with Crippen molar-refractivity contribution in [3.63, 3.8) is 0 Å². The van der Waals surface area contributed by atoms with Crippen LogP contribution in [0.25, 0.3) is 11.1 Å². The van der Waals surface area contributed by atoms with Gasteiger partial charge in [-0.15, -0.1) is 0 Å². The lowest BCUT2D eigenvalue weighted by molar-refractivity contribution is 0.282. The van der Waals surface area contributed by atoms with E-state index in [-0.39, 0.29) is 6.61 Å². The summed E-state index contributed by atoms with van der Waals surface area (Å²) < 4.78 is 0. The monoisotopic (exact) mass is 186 g/mol. The normalized spacial score (nSPS) is 10.1. The molecule has 2 rings (SSSR count). The van der Waals surface area contributed by atoms with Crippen molar-refractivity contribution in [3.05, 3.63) is 48.5 Å². The first kappa shape index (κ1) is 8.84. The Morgan fingerprint density at radius 3 is 2.57 bits per heavy atom. The quantitative estimate of drug-likeness (QED) is 0.775. The standard InChI is InChI=1S/C11H10N2O/c14-7-9-2-1-3-10(4-9)11-5-12-8-13-6-11/h1-6,8,14H,7H2. The summed E-state index contributed by atoms with van der Waals surface area (Å²) in [7, 11) is 0. The van der Waals surface area contributed by atoms with Gasteiger partial charge in [-0.3, -0.25) is 0 Å². The molecule has 0 aliphatic carbocycles. The fourth-order valence-corrected chi connectivity index (χ4v) is 1.30. The Morgan fingerprint density at radius 2 is 1.86 bits per heavy atom. The molecule has 14 heavy (non-hydrogen) atoms. The van der Waals surface area contributed by atoms with Crippen LogP contribution in [0.15, 0.2) is 43.0 Å². The van der Waals surface area contributed by atoms with Crippen LogP contribution < -0.4 is 0 Å². The summed E-state index contributed by atoms with van der Waals surface area (Å²) in [6.45, 7) is 0.0571. The third-order valence-corrected chi connectivity index (χ3v) is 2.00. The average molecular weight is 186 g/mol. The number of nitrogens with zero attached hydrogens (tertiary/aromatic N) is 2. The van der Waals surface area contributed by atoms with E-state index in [1.54, 1.807) is 12.4 Å². The smallest absolute Gasteiger partial charge is 0.115 e. The molecule has 0 fully saturated rings. The van der Waals surface area contributed by atoms with E-state index in [2.05, 4.69) is 9.97 Å². The Kier molecular flexibility index (Phi) is 2.51. The van der Waals surface area contributed by atoms with Crippen molar-refractivity contribution < 1.29 is 5.11 Å². The molecular formula is C11H10N2O. The van der Waals surface area contributed by atoms with Crippen LogP contribution in [0.3, 0.4) is 0 Å². The largest absolute Gasteiger partial charge is 0.392 e. The van der Waals surface area contributed by atoms with Crippen LogP contribution in [-0.4, -0.2) is 15.1 Å². The Hall–Kier alpha value is -1.74. The molecule has 1 N–H and O–H groups in total. The summed E-state index contributed by atoms with van der Waals surface area (Å²) in [4.78, 5) is 7.89. The summed E-state index contributed by atoms with van der Waals surface area (Å²) in [5, 5.41) is 8.98. The number of benzene rings is 1. The van der Waals surface area contributed by atoms with Gasteiger partial charge in [0.15, 0.2) is 0 Å². The molecule has 0 saturated heterocycles. The van der Waals surface area contributed by atoms with Crippen LogP contribution in [-0.2, 0) is 6.61 Å². The summed E-state index contributed by atoms with van der Waals surface area (Å²) in [5.41, 5.74) is 2.88. The number of aliphatic hydroxyl groups excluding tert-OH is 1. The third kappa shape index (κ3) is 1.78. The number of hydrogen-bond acceptors (Lipinski definition) is 3. The van der Waals surface area contributed by atoms with Crippen molar-refractivity contribution in [2.75, 3.05) is 0 Å². The van der Waals surface area contributed by atoms with Gasteiger partial charge in [0.1, 0.15) is 6.33 Å². The molecule has 1 aromatic heterocycles. The predicted octanol–water partition coefficient (Wildman–Crippen LogP) is 1.64. The lowest BCUT2D eigenvalue weighted by Gasteiger charge is -2.01. The Morgan fingerprint density at radius 1 is 1.07 bits per heavy atom. The molecular weight excluding hydrogens is 176 g/mol. The second kappa shape index (κ2) is 3.98. The third-order valence-electron chi connectivity index (χ3n) is 2.00. The van der Waals surface area contributed by atoms with Crippen molar-refractivity contribution >= 4 is 0 Å². The highest BCUT2D eigenvalue weighted by atomic mass is 16.3. The van der Waals surface area contributed by atoms with E-state index in [1.165, 1.54) is 6.33 Å². The minimum atomic E-state index is 0.0571. The fourth-order valence-electron chi connectivity index (χ4n) is 1.30. The first-order valence-electron chi connectivity index (χ1n) is 4.35. The molecule has 0 spiro atoms. The summed E-state index contributed by atoms with van der Waals surface area (Å²) in [6.07, 6.45) is 5.01. The van der Waals surface area contributed by atoms with Crippen LogP contribution in [0.2, 0.25) is 0 Å². The van der Waals surface area contributed by atoms with Crippen LogP contribution in [0.5, 0.6) is 0 Å². The summed E-state index contributed by atoms with van der Waals surface area (Å²) >= 11 is 0. The molecule has 70 valence electrons. The maximum atomic E-state index is 8.98. The molecule has 0 radical (unpaired) electrons. The average Bonchev–Trinajstić information content (AvgIpc) is 2.30. The van der Waals surface area contributed by atoms with Gasteiger partial charge in [-0.2, -0.15) is 0 Å². The minimum absolute atomic E-state index is 0.0571. The van der Waals surface area contributed by atoms with Crippen molar-refractivity contribution in [2.24, 2.45) is 0 Å². The highest BCUT2D eigenvalue weighted by molar-refractivity contribution is 5.61. The second-order valence-electron chi connectivity index (χ2n) is 2.99. The molecule has 3 nitrogen and oxygen atoms in total. The van der Waals surface area contributed by atoms with E-state index in [0.29, 0.717) is 0 Å². The molecule has 0 aliphatic rings. The maximum Gasteiger partial charge on any atom is 0.115 e. The Balaban J connectivity index is 2.42. The molecule has 0 bridgehead atoms. The maximum absolute atomic E-state index is 8.98. The van der Waals surface area contributed by atoms with Gasteiger partial charge in [-0.1, -0.05) is 18.2 Å². The van der Waals surface area contributed by atoms with E-state index in [1.807, 2.05) is 24.3 Å². The van der Waals surface area contributed by atoms with Gasteiger partial charge in [0.25, 0.3) is 0 Å². The SMILES string of the molecule is OCc1cccc(-c2cncnc2)c1. The number of aromatic nitrogens is 2. The number of aliphatic hydroxyl groups is 1. The van der Waals surface area contributed by atoms with E-state index in [0.717, 1.165) is 16.7 Å². The highest BCUT2D eigenvalue weighted by Gasteiger charge is 1.98. The molecule has 0 aliphatic heterocycles. The van der Waals surface area contributed by atoms with Crippen LogP contribution in [0, 0.1) is 0 Å². The topological polar surface area (TPSA) is 46.0 Å². The first-order valence-corrected chi connectivity index (χ1v) is 4.35. The van der Waals surface area contributed by atoms with Crippen molar-refractivity contribution in [1.29, 1.82) is 0 Å². The molecule has 0 saturated carbocycles. The van der Waals surface area contributed by atoms with Crippen molar-refractivity contribution in [3.8, 4) is 11.1 Å². The molecule has 0 unspecified atom stereocenters. The van der Waals surface area contributed by atoms with Crippen LogP contribution >= 0.6 is 0 Å². The van der Waals surface area contributed by atoms with Crippen molar-refractivity contribution in [2.45, 2.75) is 6.61 Å². The molecule has 2 aromatic rings. The zero-order valence-electron chi connectivity index (χ0n) is 7.59. The fraction of sp³-hybridized carbons (Fsp3) is 0.0909. The Labute approximate surface area is 82.1 Å². The van der Waals surface area contributed by atoms with E-state index in [9.17, 15) is 0 Å². The highest BCUT2D eigenvalue weighted by Crippen LogP contribution is 2.18. The number of rotatable bonds is 2. The van der Waals surface area contributed by atoms with Gasteiger partial charge >= 0.3 is 0 Å². The molecule has 1 aromatic carbocycles. The molecule has 3 heteroatoms. The van der Waals surface area contributed by atoms with Gasteiger partial charge in [-0.05, 0) is 17.2 Å². The first-order chi connectivity index (χ1) is 6.90. The van der Waals surface area contributed by atoms with Crippen molar-refractivity contribution in [1.82, 2.24) is 9.97 Å². The van der Waals surface area contributed by atoms with Gasteiger partial charge < -0.3 is 5.11 Å². The van der Waals surface area contributed by atoms with Crippen LogP contribution in [0.1, 0.15) is 5.56 Å². The molecule has 0 atom stereocenters. The Bertz CT molecular complexity index is 415. The van der Waals surface area contributed by atoms with E-state index < -0.39 is 0 Å². The number of hydrogen-bond donors (Lipinski definition) is 1. The van der Waals surface area contributed by atoms with Crippen LogP contribution in [0.4, 0.5) is 0 Å². The van der Waals surface area contributed by atoms with E-state index >= 15 is 0 Å². The zero-order chi connectivity index (χ0) is 9.80. The van der Waals surface area contributed by atoms with Gasteiger partial charge in [0.05, 0.1) is 6.61 Å². The van der Waals surface area contributed by atoms with Gasteiger partial charge in [0, 0.05) is 18.0 Å². The lowest BCUT2D eigenvalue weighted by atomic mass is 10.1.